The highest BCUT2D eigenvalue weighted by Crippen LogP contribution is 2.48. The van der Waals surface area contributed by atoms with Crippen LogP contribution >= 0.6 is 15.9 Å². The summed E-state index contributed by atoms with van der Waals surface area (Å²) >= 11 is 3.41. The monoisotopic (exact) mass is 371 g/mol. The molecule has 116 valence electrons. The van der Waals surface area contributed by atoms with Crippen molar-refractivity contribution in [2.24, 2.45) is 5.92 Å². The molecule has 2 aromatic carbocycles. The van der Waals surface area contributed by atoms with Crippen molar-refractivity contribution >= 4 is 27.8 Å². The number of hydrogen-bond acceptors (Lipinski definition) is 3. The number of ether oxygens (including phenoxy) is 1. The second-order valence-electron chi connectivity index (χ2n) is 5.89. The molecule has 0 bridgehead atoms. The normalized spacial score (nSPS) is 21.5. The van der Waals surface area contributed by atoms with Crippen LogP contribution in [-0.2, 0) is 11.3 Å². The summed E-state index contributed by atoms with van der Waals surface area (Å²) in [6.07, 6.45) is 0.812. The van der Waals surface area contributed by atoms with Gasteiger partial charge in [-0.05, 0) is 42.2 Å². The molecule has 1 N–H and O–H groups in total. The first-order chi connectivity index (χ1) is 11.1. The van der Waals surface area contributed by atoms with Gasteiger partial charge < -0.3 is 10.1 Å². The highest BCUT2D eigenvalue weighted by Gasteiger charge is 2.45. The molecule has 0 aromatic heterocycles. The molecule has 2 aromatic rings. The highest BCUT2D eigenvalue weighted by molar-refractivity contribution is 9.10. The summed E-state index contributed by atoms with van der Waals surface area (Å²) in [6.45, 7) is 0.415. The summed E-state index contributed by atoms with van der Waals surface area (Å²) in [4.78, 5) is 24.0. The lowest BCUT2D eigenvalue weighted by atomic mass is 10.1. The molecule has 4 nitrogen and oxygen atoms in total. The van der Waals surface area contributed by atoms with Crippen molar-refractivity contribution in [2.75, 3.05) is 0 Å². The van der Waals surface area contributed by atoms with Crippen molar-refractivity contribution in [1.82, 2.24) is 5.32 Å². The minimum Gasteiger partial charge on any atom is -0.426 e. The van der Waals surface area contributed by atoms with Gasteiger partial charge in [-0.15, -0.1) is 0 Å². The Labute approximate surface area is 142 Å². The summed E-state index contributed by atoms with van der Waals surface area (Å²) < 4.78 is 6.59. The van der Waals surface area contributed by atoms with E-state index in [1.807, 2.05) is 24.3 Å². The van der Waals surface area contributed by atoms with Crippen LogP contribution in [0.1, 0.15) is 33.8 Å². The van der Waals surface area contributed by atoms with E-state index in [0.29, 0.717) is 17.9 Å². The SMILES string of the molecule is O=C1NCc2c(OC(=O)[C@@H]3C[C@H]3c3ccc(Br)cc3)cccc21. The highest BCUT2D eigenvalue weighted by atomic mass is 79.9. The van der Waals surface area contributed by atoms with Crippen LogP contribution in [0.15, 0.2) is 46.9 Å². The van der Waals surface area contributed by atoms with E-state index in [1.54, 1.807) is 18.2 Å². The van der Waals surface area contributed by atoms with E-state index in [4.69, 9.17) is 4.74 Å². The molecule has 1 aliphatic heterocycles. The number of fused-ring (bicyclic) bond motifs is 1. The fraction of sp³-hybridized carbons (Fsp3) is 0.222. The minimum atomic E-state index is -0.217. The zero-order valence-corrected chi connectivity index (χ0v) is 13.8. The van der Waals surface area contributed by atoms with Crippen LogP contribution in [0.5, 0.6) is 5.75 Å². The van der Waals surface area contributed by atoms with E-state index < -0.39 is 0 Å². The molecule has 1 saturated carbocycles. The van der Waals surface area contributed by atoms with Gasteiger partial charge in [-0.2, -0.15) is 0 Å². The third kappa shape index (κ3) is 2.65. The average Bonchev–Trinajstić information content (AvgIpc) is 3.26. The van der Waals surface area contributed by atoms with Crippen LogP contribution < -0.4 is 10.1 Å². The van der Waals surface area contributed by atoms with Crippen molar-refractivity contribution in [2.45, 2.75) is 18.9 Å². The number of esters is 1. The molecule has 23 heavy (non-hydrogen) atoms. The molecule has 0 radical (unpaired) electrons. The summed E-state index contributed by atoms with van der Waals surface area (Å²) in [6, 6.07) is 13.3. The molecule has 2 atom stereocenters. The molecule has 1 heterocycles. The van der Waals surface area contributed by atoms with Gasteiger partial charge in [0.2, 0.25) is 0 Å². The molecule has 0 spiro atoms. The zero-order chi connectivity index (χ0) is 16.0. The Kier molecular flexibility index (Phi) is 3.45. The number of carbonyl (C=O) groups is 2. The molecule has 1 amide bonds. The summed E-state index contributed by atoms with van der Waals surface area (Å²) in [5.74, 6) is 0.291. The first-order valence-corrected chi connectivity index (χ1v) is 8.30. The van der Waals surface area contributed by atoms with Gasteiger partial charge in [-0.1, -0.05) is 34.1 Å². The predicted octanol–water partition coefficient (Wildman–Crippen LogP) is 3.40. The standard InChI is InChI=1S/C18H14BrNO3/c19-11-6-4-10(5-7-11)13-8-14(13)18(22)23-16-3-1-2-12-15(16)9-20-17(12)21/h1-7,13-14H,8-9H2,(H,20,21)/t13-,14+/m0/s1. The number of carbonyl (C=O) groups excluding carboxylic acids is 2. The second kappa shape index (κ2) is 5.49. The number of halogens is 1. The molecular formula is C18H14BrNO3. The molecule has 4 rings (SSSR count). The Morgan fingerprint density at radius 1 is 1.17 bits per heavy atom. The Morgan fingerprint density at radius 3 is 2.74 bits per heavy atom. The first-order valence-electron chi connectivity index (χ1n) is 7.51. The fourth-order valence-electron chi connectivity index (χ4n) is 3.04. The van der Waals surface area contributed by atoms with Gasteiger partial charge in [0.1, 0.15) is 5.75 Å². The Hall–Kier alpha value is -2.14. The lowest BCUT2D eigenvalue weighted by molar-refractivity contribution is -0.136. The summed E-state index contributed by atoms with van der Waals surface area (Å²) in [7, 11) is 0. The molecule has 0 saturated heterocycles. The van der Waals surface area contributed by atoms with E-state index in [0.717, 1.165) is 22.0 Å². The fourth-order valence-corrected chi connectivity index (χ4v) is 3.30. The Morgan fingerprint density at radius 2 is 1.96 bits per heavy atom. The van der Waals surface area contributed by atoms with Gasteiger partial charge in [0, 0.05) is 22.1 Å². The van der Waals surface area contributed by atoms with E-state index in [9.17, 15) is 9.59 Å². The van der Waals surface area contributed by atoms with E-state index >= 15 is 0 Å². The molecule has 1 aliphatic carbocycles. The van der Waals surface area contributed by atoms with Gasteiger partial charge in [0.05, 0.1) is 5.92 Å². The van der Waals surface area contributed by atoms with Crippen LogP contribution in [0, 0.1) is 5.92 Å². The van der Waals surface area contributed by atoms with Gasteiger partial charge in [-0.3, -0.25) is 9.59 Å². The van der Waals surface area contributed by atoms with Crippen LogP contribution in [0.2, 0.25) is 0 Å². The van der Waals surface area contributed by atoms with Crippen LogP contribution in [0.3, 0.4) is 0 Å². The predicted molar refractivity (Wildman–Crippen MR) is 88.2 cm³/mol. The van der Waals surface area contributed by atoms with Crippen LogP contribution in [0.25, 0.3) is 0 Å². The van der Waals surface area contributed by atoms with Crippen molar-refractivity contribution in [3.05, 3.63) is 63.6 Å². The summed E-state index contributed by atoms with van der Waals surface area (Å²) in [5, 5.41) is 2.75. The number of nitrogens with one attached hydrogen (secondary N) is 1. The lowest BCUT2D eigenvalue weighted by Gasteiger charge is -2.08. The first kappa shape index (κ1) is 14.5. The second-order valence-corrected chi connectivity index (χ2v) is 6.80. The van der Waals surface area contributed by atoms with Gasteiger partial charge in [0.15, 0.2) is 0 Å². The lowest BCUT2D eigenvalue weighted by Crippen LogP contribution is -2.13. The van der Waals surface area contributed by atoms with E-state index in [-0.39, 0.29) is 23.7 Å². The molecule has 1 fully saturated rings. The van der Waals surface area contributed by atoms with E-state index in [2.05, 4.69) is 21.2 Å². The number of amides is 1. The smallest absolute Gasteiger partial charge is 0.314 e. The van der Waals surface area contributed by atoms with Crippen molar-refractivity contribution < 1.29 is 14.3 Å². The molecule has 0 unspecified atom stereocenters. The topological polar surface area (TPSA) is 55.4 Å². The Bertz CT molecular complexity index is 800. The van der Waals surface area contributed by atoms with Crippen molar-refractivity contribution in [1.29, 1.82) is 0 Å². The third-order valence-corrected chi connectivity index (χ3v) is 4.93. The number of hydrogen-bond donors (Lipinski definition) is 1. The average molecular weight is 372 g/mol. The molecular weight excluding hydrogens is 358 g/mol. The Balaban J connectivity index is 1.48. The van der Waals surface area contributed by atoms with E-state index in [1.165, 1.54) is 0 Å². The number of rotatable bonds is 3. The molecule has 2 aliphatic rings. The maximum absolute atomic E-state index is 12.4. The van der Waals surface area contributed by atoms with Gasteiger partial charge in [-0.25, -0.2) is 0 Å². The third-order valence-electron chi connectivity index (χ3n) is 4.41. The van der Waals surface area contributed by atoms with Gasteiger partial charge >= 0.3 is 5.97 Å². The largest absolute Gasteiger partial charge is 0.426 e. The molecule has 5 heteroatoms. The quantitative estimate of drug-likeness (QED) is 0.664. The van der Waals surface area contributed by atoms with Crippen LogP contribution in [0.4, 0.5) is 0 Å². The zero-order valence-electron chi connectivity index (χ0n) is 12.2. The minimum absolute atomic E-state index is 0.0999. The maximum atomic E-state index is 12.4. The van der Waals surface area contributed by atoms with Crippen molar-refractivity contribution in [3.63, 3.8) is 0 Å². The van der Waals surface area contributed by atoms with Crippen LogP contribution in [-0.4, -0.2) is 11.9 Å². The van der Waals surface area contributed by atoms with Gasteiger partial charge in [0.25, 0.3) is 5.91 Å². The van der Waals surface area contributed by atoms with Crippen molar-refractivity contribution in [3.8, 4) is 5.75 Å². The summed E-state index contributed by atoms with van der Waals surface area (Å²) in [5.41, 5.74) is 2.52. The maximum Gasteiger partial charge on any atom is 0.314 e. The number of benzene rings is 2.